The third-order valence-electron chi connectivity index (χ3n) is 2.34. The maximum absolute atomic E-state index is 11.5. The Morgan fingerprint density at radius 3 is 3.06 bits per heavy atom. The first-order chi connectivity index (χ1) is 8.24. The Balaban J connectivity index is 2.26. The number of nitrogens with zero attached hydrogens (tertiary/aromatic N) is 1. The third kappa shape index (κ3) is 5.31. The fraction of sp³-hybridized carbons (Fsp3) is 0.500. The summed E-state index contributed by atoms with van der Waals surface area (Å²) in [6, 6.07) is 3.57. The molecule has 1 aromatic rings. The molecular weight excluding hydrogens is 218 g/mol. The van der Waals surface area contributed by atoms with Crippen LogP contribution in [-0.2, 0) is 4.74 Å². The van der Waals surface area contributed by atoms with E-state index in [0.717, 1.165) is 12.0 Å². The molecule has 1 rings (SSSR count). The molecule has 2 N–H and O–H groups in total. The number of urea groups is 1. The van der Waals surface area contributed by atoms with Crippen LogP contribution >= 0.6 is 0 Å². The van der Waals surface area contributed by atoms with Gasteiger partial charge in [0.2, 0.25) is 0 Å². The summed E-state index contributed by atoms with van der Waals surface area (Å²) in [6.45, 7) is 3.18. The van der Waals surface area contributed by atoms with Gasteiger partial charge in [-0.05, 0) is 25.0 Å². The van der Waals surface area contributed by atoms with Gasteiger partial charge in [-0.3, -0.25) is 4.98 Å². The van der Waals surface area contributed by atoms with Gasteiger partial charge in [-0.1, -0.05) is 6.07 Å². The van der Waals surface area contributed by atoms with Crippen molar-refractivity contribution in [2.45, 2.75) is 19.4 Å². The van der Waals surface area contributed by atoms with Crippen molar-refractivity contribution in [2.75, 3.05) is 20.3 Å². The number of hydrogen-bond donors (Lipinski definition) is 2. The molecule has 0 aromatic carbocycles. The van der Waals surface area contributed by atoms with Crippen LogP contribution in [-0.4, -0.2) is 31.3 Å². The zero-order chi connectivity index (χ0) is 12.5. The van der Waals surface area contributed by atoms with Crippen LogP contribution in [0.25, 0.3) is 0 Å². The summed E-state index contributed by atoms with van der Waals surface area (Å²) >= 11 is 0. The van der Waals surface area contributed by atoms with E-state index >= 15 is 0 Å². The Bertz CT molecular complexity index is 330. The summed E-state index contributed by atoms with van der Waals surface area (Å²) in [5.74, 6) is 0. The first-order valence-corrected chi connectivity index (χ1v) is 5.67. The molecule has 0 saturated heterocycles. The first kappa shape index (κ1) is 13.4. The fourth-order valence-electron chi connectivity index (χ4n) is 1.38. The molecule has 1 aromatic heterocycles. The summed E-state index contributed by atoms with van der Waals surface area (Å²) in [4.78, 5) is 15.5. The van der Waals surface area contributed by atoms with E-state index < -0.39 is 0 Å². The van der Waals surface area contributed by atoms with Crippen molar-refractivity contribution in [3.8, 4) is 0 Å². The molecule has 5 nitrogen and oxygen atoms in total. The van der Waals surface area contributed by atoms with Crippen LogP contribution in [0.3, 0.4) is 0 Å². The number of ether oxygens (including phenoxy) is 1. The van der Waals surface area contributed by atoms with E-state index in [1.54, 1.807) is 19.5 Å². The lowest BCUT2D eigenvalue weighted by Gasteiger charge is -2.14. The Hall–Kier alpha value is -1.62. The van der Waals surface area contributed by atoms with Crippen molar-refractivity contribution in [3.05, 3.63) is 30.1 Å². The number of aromatic nitrogens is 1. The highest BCUT2D eigenvalue weighted by molar-refractivity contribution is 5.74. The summed E-state index contributed by atoms with van der Waals surface area (Å²) < 4.78 is 4.89. The Labute approximate surface area is 102 Å². The first-order valence-electron chi connectivity index (χ1n) is 5.67. The average Bonchev–Trinajstić information content (AvgIpc) is 2.36. The topological polar surface area (TPSA) is 63.2 Å². The molecule has 0 unspecified atom stereocenters. The molecule has 0 aliphatic rings. The van der Waals surface area contributed by atoms with E-state index in [9.17, 15) is 4.79 Å². The normalized spacial score (nSPS) is 11.9. The molecule has 0 saturated carbocycles. The molecule has 2 amide bonds. The van der Waals surface area contributed by atoms with Gasteiger partial charge in [0, 0.05) is 32.7 Å². The highest BCUT2D eigenvalue weighted by Gasteiger charge is 2.08. The number of carbonyl (C=O) groups is 1. The maximum Gasteiger partial charge on any atom is 0.315 e. The molecule has 17 heavy (non-hydrogen) atoms. The van der Waals surface area contributed by atoms with Crippen LogP contribution in [0.1, 0.15) is 24.9 Å². The van der Waals surface area contributed by atoms with Gasteiger partial charge in [0.1, 0.15) is 0 Å². The second kappa shape index (κ2) is 7.62. The van der Waals surface area contributed by atoms with E-state index in [-0.39, 0.29) is 12.1 Å². The standard InChI is InChI=1S/C12H19N3O2/c1-10(11-5-3-6-13-9-11)15-12(16)14-7-4-8-17-2/h3,5-6,9-10H,4,7-8H2,1-2H3,(H2,14,15,16)/t10-/m1/s1. The van der Waals surface area contributed by atoms with Crippen molar-refractivity contribution in [2.24, 2.45) is 0 Å². The number of nitrogens with one attached hydrogen (secondary N) is 2. The Morgan fingerprint density at radius 1 is 1.59 bits per heavy atom. The summed E-state index contributed by atoms with van der Waals surface area (Å²) in [5, 5.41) is 5.61. The van der Waals surface area contributed by atoms with E-state index in [1.807, 2.05) is 19.1 Å². The van der Waals surface area contributed by atoms with Crippen molar-refractivity contribution < 1.29 is 9.53 Å². The van der Waals surface area contributed by atoms with Gasteiger partial charge in [0.25, 0.3) is 0 Å². The minimum Gasteiger partial charge on any atom is -0.385 e. The van der Waals surface area contributed by atoms with Gasteiger partial charge in [-0.25, -0.2) is 4.79 Å². The molecule has 5 heteroatoms. The lowest BCUT2D eigenvalue weighted by atomic mass is 10.1. The maximum atomic E-state index is 11.5. The number of rotatable bonds is 6. The zero-order valence-electron chi connectivity index (χ0n) is 10.3. The van der Waals surface area contributed by atoms with E-state index in [1.165, 1.54) is 0 Å². The lowest BCUT2D eigenvalue weighted by molar-refractivity contribution is 0.193. The molecule has 1 heterocycles. The van der Waals surface area contributed by atoms with Crippen molar-refractivity contribution in [1.29, 1.82) is 0 Å². The number of methoxy groups -OCH3 is 1. The zero-order valence-corrected chi connectivity index (χ0v) is 10.3. The highest BCUT2D eigenvalue weighted by Crippen LogP contribution is 2.08. The van der Waals surface area contributed by atoms with Gasteiger partial charge < -0.3 is 15.4 Å². The third-order valence-corrected chi connectivity index (χ3v) is 2.34. The average molecular weight is 237 g/mol. The molecule has 1 atom stereocenters. The second-order valence-corrected chi connectivity index (χ2v) is 3.75. The lowest BCUT2D eigenvalue weighted by Crippen LogP contribution is -2.37. The summed E-state index contributed by atoms with van der Waals surface area (Å²) in [5.41, 5.74) is 0.986. The van der Waals surface area contributed by atoms with Gasteiger partial charge in [-0.2, -0.15) is 0 Å². The largest absolute Gasteiger partial charge is 0.385 e. The van der Waals surface area contributed by atoms with Crippen LogP contribution < -0.4 is 10.6 Å². The molecule has 0 fully saturated rings. The minimum absolute atomic E-state index is 0.0499. The minimum atomic E-state index is -0.169. The van der Waals surface area contributed by atoms with Gasteiger partial charge >= 0.3 is 6.03 Å². The monoisotopic (exact) mass is 237 g/mol. The van der Waals surface area contributed by atoms with Crippen LogP contribution in [0.15, 0.2) is 24.5 Å². The van der Waals surface area contributed by atoms with E-state index in [4.69, 9.17) is 4.74 Å². The molecule has 94 valence electrons. The van der Waals surface area contributed by atoms with E-state index in [0.29, 0.717) is 13.2 Å². The molecular formula is C12H19N3O2. The smallest absolute Gasteiger partial charge is 0.315 e. The van der Waals surface area contributed by atoms with Crippen molar-refractivity contribution in [3.63, 3.8) is 0 Å². The number of pyridine rings is 1. The molecule has 0 spiro atoms. The quantitative estimate of drug-likeness (QED) is 0.737. The van der Waals surface area contributed by atoms with Crippen LogP contribution in [0.2, 0.25) is 0 Å². The molecule has 0 aliphatic carbocycles. The summed E-state index contributed by atoms with van der Waals surface area (Å²) in [7, 11) is 1.64. The molecule has 0 radical (unpaired) electrons. The van der Waals surface area contributed by atoms with E-state index in [2.05, 4.69) is 15.6 Å². The number of carbonyl (C=O) groups excluding carboxylic acids is 1. The second-order valence-electron chi connectivity index (χ2n) is 3.75. The molecule has 0 aliphatic heterocycles. The number of hydrogen-bond acceptors (Lipinski definition) is 3. The Kier molecular flexibility index (Phi) is 6.03. The Morgan fingerprint density at radius 2 is 2.41 bits per heavy atom. The summed E-state index contributed by atoms with van der Waals surface area (Å²) in [6.07, 6.45) is 4.27. The fourth-order valence-corrected chi connectivity index (χ4v) is 1.38. The predicted octanol–water partition coefficient (Wildman–Crippen LogP) is 1.48. The van der Waals surface area contributed by atoms with Gasteiger partial charge in [0.15, 0.2) is 0 Å². The van der Waals surface area contributed by atoms with Crippen molar-refractivity contribution in [1.82, 2.24) is 15.6 Å². The SMILES string of the molecule is COCCCNC(=O)N[C@H](C)c1cccnc1. The number of amides is 2. The highest BCUT2D eigenvalue weighted by atomic mass is 16.5. The van der Waals surface area contributed by atoms with Crippen molar-refractivity contribution >= 4 is 6.03 Å². The predicted molar refractivity (Wildman–Crippen MR) is 65.7 cm³/mol. The van der Waals surface area contributed by atoms with Gasteiger partial charge in [0.05, 0.1) is 6.04 Å². The van der Waals surface area contributed by atoms with Gasteiger partial charge in [-0.15, -0.1) is 0 Å². The van der Waals surface area contributed by atoms with Crippen LogP contribution in [0.4, 0.5) is 4.79 Å². The van der Waals surface area contributed by atoms with Crippen LogP contribution in [0, 0.1) is 0 Å². The van der Waals surface area contributed by atoms with Crippen LogP contribution in [0.5, 0.6) is 0 Å². The molecule has 0 bridgehead atoms.